The van der Waals surface area contributed by atoms with Crippen molar-refractivity contribution in [2.24, 2.45) is 0 Å². The van der Waals surface area contributed by atoms with E-state index in [0.717, 1.165) is 4.31 Å². The number of methoxy groups -OCH3 is 1. The van der Waals surface area contributed by atoms with E-state index in [1.807, 2.05) is 6.92 Å². The fraction of sp³-hybridized carbons (Fsp3) is 0.300. The molecular formula is C20H23ClN2O5S. The first-order chi connectivity index (χ1) is 13.7. The third kappa shape index (κ3) is 5.56. The van der Waals surface area contributed by atoms with Crippen molar-refractivity contribution in [2.45, 2.75) is 31.2 Å². The molecule has 0 fully saturated rings. The highest BCUT2D eigenvalue weighted by atomic mass is 35.5. The number of halogens is 1. The molecule has 0 spiro atoms. The molecule has 1 atom stereocenters. The van der Waals surface area contributed by atoms with Crippen molar-refractivity contribution < 1.29 is 22.7 Å². The summed E-state index contributed by atoms with van der Waals surface area (Å²) in [5.41, 5.74) is 0.581. The van der Waals surface area contributed by atoms with Crippen molar-refractivity contribution in [3.63, 3.8) is 0 Å². The molecule has 0 aliphatic rings. The lowest BCUT2D eigenvalue weighted by molar-refractivity contribution is -0.119. The molecule has 0 aliphatic carbocycles. The van der Waals surface area contributed by atoms with Crippen LogP contribution in [-0.4, -0.2) is 44.3 Å². The molecule has 0 saturated heterocycles. The first kappa shape index (κ1) is 22.9. The Bertz CT molecular complexity index is 994. The second-order valence-corrected chi connectivity index (χ2v) is 8.64. The van der Waals surface area contributed by atoms with Crippen LogP contribution >= 0.6 is 11.6 Å². The molecule has 0 radical (unpaired) electrons. The number of carbonyl (C=O) groups excluding carboxylic acids is 2. The van der Waals surface area contributed by atoms with Gasteiger partial charge in [0.25, 0.3) is 0 Å². The van der Waals surface area contributed by atoms with E-state index in [1.165, 1.54) is 38.3 Å². The number of amides is 1. The first-order valence-electron chi connectivity index (χ1n) is 8.97. The predicted molar refractivity (Wildman–Crippen MR) is 112 cm³/mol. The van der Waals surface area contributed by atoms with Crippen LogP contribution in [0.3, 0.4) is 0 Å². The molecule has 0 aromatic heterocycles. The van der Waals surface area contributed by atoms with Crippen LogP contribution in [0, 0.1) is 0 Å². The van der Waals surface area contributed by atoms with Crippen molar-refractivity contribution in [2.75, 3.05) is 19.0 Å². The van der Waals surface area contributed by atoms with Gasteiger partial charge in [-0.2, -0.15) is 4.31 Å². The van der Waals surface area contributed by atoms with Crippen LogP contribution < -0.4 is 5.32 Å². The van der Waals surface area contributed by atoms with Crippen LogP contribution in [0.4, 0.5) is 5.69 Å². The highest BCUT2D eigenvalue weighted by molar-refractivity contribution is 7.89. The number of ether oxygens (including phenoxy) is 1. The Morgan fingerprint density at radius 1 is 1.17 bits per heavy atom. The second-order valence-electron chi connectivity index (χ2n) is 6.31. The maximum Gasteiger partial charge on any atom is 0.337 e. The lowest BCUT2D eigenvalue weighted by atomic mass is 10.2. The molecule has 1 amide bonds. The molecule has 0 saturated carbocycles. The predicted octanol–water partition coefficient (Wildman–Crippen LogP) is 3.55. The van der Waals surface area contributed by atoms with Crippen LogP contribution in [-0.2, 0) is 19.6 Å². The SMILES string of the molecule is CCCN([C@@H](C)C(=O)Nc1cccc(Cl)c1)S(=O)(=O)c1cccc(C(=O)OC)c1. The Morgan fingerprint density at radius 3 is 2.48 bits per heavy atom. The molecular weight excluding hydrogens is 416 g/mol. The quantitative estimate of drug-likeness (QED) is 0.636. The molecule has 156 valence electrons. The Kier molecular flexibility index (Phi) is 7.78. The van der Waals surface area contributed by atoms with Gasteiger partial charge in [0.2, 0.25) is 15.9 Å². The molecule has 1 N–H and O–H groups in total. The van der Waals surface area contributed by atoms with Crippen molar-refractivity contribution in [1.29, 1.82) is 0 Å². The minimum Gasteiger partial charge on any atom is -0.465 e. The smallest absolute Gasteiger partial charge is 0.337 e. The van der Waals surface area contributed by atoms with Gasteiger partial charge in [0.1, 0.15) is 6.04 Å². The molecule has 7 nitrogen and oxygen atoms in total. The topological polar surface area (TPSA) is 92.8 Å². The molecule has 2 aromatic rings. The van der Waals surface area contributed by atoms with Gasteiger partial charge in [0.05, 0.1) is 17.6 Å². The minimum atomic E-state index is -4.03. The van der Waals surface area contributed by atoms with Crippen molar-refractivity contribution in [3.05, 3.63) is 59.1 Å². The number of nitrogens with zero attached hydrogens (tertiary/aromatic N) is 1. The summed E-state index contributed by atoms with van der Waals surface area (Å²) in [7, 11) is -2.82. The number of hydrogen-bond donors (Lipinski definition) is 1. The average molecular weight is 439 g/mol. The first-order valence-corrected chi connectivity index (χ1v) is 10.8. The molecule has 2 rings (SSSR count). The van der Waals surface area contributed by atoms with E-state index in [4.69, 9.17) is 11.6 Å². The van der Waals surface area contributed by atoms with E-state index >= 15 is 0 Å². The number of hydrogen-bond acceptors (Lipinski definition) is 5. The molecule has 29 heavy (non-hydrogen) atoms. The summed E-state index contributed by atoms with van der Waals surface area (Å²) in [6.07, 6.45) is 0.505. The second kappa shape index (κ2) is 9.87. The van der Waals surface area contributed by atoms with E-state index in [0.29, 0.717) is 17.1 Å². The fourth-order valence-electron chi connectivity index (χ4n) is 2.72. The largest absolute Gasteiger partial charge is 0.465 e. The van der Waals surface area contributed by atoms with Crippen LogP contribution in [0.25, 0.3) is 0 Å². The van der Waals surface area contributed by atoms with E-state index in [9.17, 15) is 18.0 Å². The summed E-state index contributed by atoms with van der Waals surface area (Å²) >= 11 is 5.93. The van der Waals surface area contributed by atoms with Crippen LogP contribution in [0.15, 0.2) is 53.4 Å². The molecule has 0 bridgehead atoms. The van der Waals surface area contributed by atoms with Gasteiger partial charge >= 0.3 is 5.97 Å². The number of carbonyl (C=O) groups is 2. The van der Waals surface area contributed by atoms with Crippen LogP contribution in [0.2, 0.25) is 5.02 Å². The molecule has 9 heteroatoms. The monoisotopic (exact) mass is 438 g/mol. The lowest BCUT2D eigenvalue weighted by Crippen LogP contribution is -2.45. The van der Waals surface area contributed by atoms with Gasteiger partial charge in [-0.1, -0.05) is 30.7 Å². The third-order valence-corrected chi connectivity index (χ3v) is 6.41. The van der Waals surface area contributed by atoms with Gasteiger partial charge in [0.15, 0.2) is 0 Å². The molecule has 0 unspecified atom stereocenters. The normalized spacial score (nSPS) is 12.4. The van der Waals surface area contributed by atoms with Gasteiger partial charge in [-0.15, -0.1) is 0 Å². The van der Waals surface area contributed by atoms with E-state index in [1.54, 1.807) is 24.3 Å². The summed E-state index contributed by atoms with van der Waals surface area (Å²) in [4.78, 5) is 24.4. The zero-order chi connectivity index (χ0) is 21.6. The number of esters is 1. The van der Waals surface area contributed by atoms with Gasteiger partial charge in [-0.25, -0.2) is 13.2 Å². The molecule has 2 aromatic carbocycles. The zero-order valence-corrected chi connectivity index (χ0v) is 18.0. The highest BCUT2D eigenvalue weighted by Crippen LogP contribution is 2.22. The van der Waals surface area contributed by atoms with Gasteiger partial charge < -0.3 is 10.1 Å². The number of rotatable bonds is 8. The Morgan fingerprint density at radius 2 is 1.86 bits per heavy atom. The van der Waals surface area contributed by atoms with Gasteiger partial charge in [-0.3, -0.25) is 4.79 Å². The van der Waals surface area contributed by atoms with Gasteiger partial charge in [-0.05, 0) is 49.7 Å². The molecule has 0 aliphatic heterocycles. The van der Waals surface area contributed by atoms with E-state index in [2.05, 4.69) is 10.1 Å². The van der Waals surface area contributed by atoms with E-state index < -0.39 is 27.9 Å². The summed E-state index contributed by atoms with van der Waals surface area (Å²) in [6, 6.07) is 11.1. The summed E-state index contributed by atoms with van der Waals surface area (Å²) in [6.45, 7) is 3.46. The summed E-state index contributed by atoms with van der Waals surface area (Å²) in [5, 5.41) is 3.13. The number of benzene rings is 2. The minimum absolute atomic E-state index is 0.0868. The Balaban J connectivity index is 2.33. The number of sulfonamides is 1. The Hall–Kier alpha value is -2.42. The summed E-state index contributed by atoms with van der Waals surface area (Å²) in [5.74, 6) is -1.13. The van der Waals surface area contributed by atoms with E-state index in [-0.39, 0.29) is 17.0 Å². The molecule has 0 heterocycles. The van der Waals surface area contributed by atoms with Crippen molar-refractivity contribution in [3.8, 4) is 0 Å². The average Bonchev–Trinajstić information content (AvgIpc) is 2.70. The zero-order valence-electron chi connectivity index (χ0n) is 16.4. The lowest BCUT2D eigenvalue weighted by Gasteiger charge is -2.27. The Labute approximate surface area is 175 Å². The maximum absolute atomic E-state index is 13.2. The third-order valence-electron chi connectivity index (χ3n) is 4.21. The van der Waals surface area contributed by atoms with Crippen LogP contribution in [0.5, 0.6) is 0 Å². The standard InChI is InChI=1S/C20H23ClN2O5S/c1-4-11-23(14(2)19(24)22-17-9-6-8-16(21)13-17)29(26,27)18-10-5-7-15(12-18)20(25)28-3/h5-10,12-14H,4,11H2,1-3H3,(H,22,24)/t14-/m0/s1. The highest BCUT2D eigenvalue weighted by Gasteiger charge is 2.33. The van der Waals surface area contributed by atoms with Crippen molar-refractivity contribution >= 4 is 39.2 Å². The number of nitrogens with one attached hydrogen (secondary N) is 1. The van der Waals surface area contributed by atoms with Crippen molar-refractivity contribution in [1.82, 2.24) is 4.31 Å². The van der Waals surface area contributed by atoms with Crippen LogP contribution in [0.1, 0.15) is 30.6 Å². The number of anilines is 1. The fourth-order valence-corrected chi connectivity index (χ4v) is 4.65. The van der Waals surface area contributed by atoms with Gasteiger partial charge in [0, 0.05) is 17.3 Å². The maximum atomic E-state index is 13.2. The summed E-state index contributed by atoms with van der Waals surface area (Å²) < 4.78 is 32.2.